The van der Waals surface area contributed by atoms with Crippen molar-refractivity contribution in [2.75, 3.05) is 26.2 Å². The number of H-pyrrole nitrogens is 1. The molecule has 2 aromatic rings. The Hall–Kier alpha value is -2.30. The third kappa shape index (κ3) is 3.41. The van der Waals surface area contributed by atoms with Gasteiger partial charge in [-0.1, -0.05) is 31.0 Å². The standard InChI is InChI=1S/C20H25N3O2/c24-19(13-15-5-1-2-6-15)22-9-11-23(12-10-22)20(25)18-14-16-7-3-4-8-17(16)21-18/h3-4,7-8,14-15,21H,1-2,5-6,9-13H2. The smallest absolute Gasteiger partial charge is 0.270 e. The highest BCUT2D eigenvalue weighted by molar-refractivity contribution is 5.98. The number of carbonyl (C=O) groups is 2. The summed E-state index contributed by atoms with van der Waals surface area (Å²) >= 11 is 0. The van der Waals surface area contributed by atoms with Gasteiger partial charge in [0.15, 0.2) is 0 Å². The minimum atomic E-state index is 0.0269. The average Bonchev–Trinajstić information content (AvgIpc) is 3.30. The second-order valence-corrected chi connectivity index (χ2v) is 7.30. The Morgan fingerprint density at radius 2 is 1.68 bits per heavy atom. The fraction of sp³-hybridized carbons (Fsp3) is 0.500. The van der Waals surface area contributed by atoms with Gasteiger partial charge in [-0.3, -0.25) is 9.59 Å². The first-order valence-corrected chi connectivity index (χ1v) is 9.35. The molecule has 1 aromatic heterocycles. The normalized spacial score (nSPS) is 18.9. The third-order valence-corrected chi connectivity index (χ3v) is 5.62. The van der Waals surface area contributed by atoms with Crippen LogP contribution in [-0.4, -0.2) is 52.8 Å². The zero-order valence-corrected chi connectivity index (χ0v) is 14.5. The van der Waals surface area contributed by atoms with Crippen molar-refractivity contribution in [3.05, 3.63) is 36.0 Å². The first kappa shape index (κ1) is 16.2. The van der Waals surface area contributed by atoms with E-state index in [2.05, 4.69) is 4.98 Å². The molecule has 0 unspecified atom stereocenters. The summed E-state index contributed by atoms with van der Waals surface area (Å²) in [4.78, 5) is 32.1. The summed E-state index contributed by atoms with van der Waals surface area (Å²) in [6.07, 6.45) is 5.63. The number of nitrogens with one attached hydrogen (secondary N) is 1. The molecule has 2 heterocycles. The van der Waals surface area contributed by atoms with Crippen LogP contribution in [0.1, 0.15) is 42.6 Å². The number of benzene rings is 1. The molecule has 1 saturated carbocycles. The number of nitrogens with zero attached hydrogens (tertiary/aromatic N) is 2. The van der Waals surface area contributed by atoms with Gasteiger partial charge in [-0.2, -0.15) is 0 Å². The molecule has 1 aliphatic carbocycles. The Kier molecular flexibility index (Phi) is 4.47. The van der Waals surface area contributed by atoms with Gasteiger partial charge in [-0.25, -0.2) is 0 Å². The van der Waals surface area contributed by atoms with E-state index in [4.69, 9.17) is 0 Å². The highest BCUT2D eigenvalue weighted by Gasteiger charge is 2.27. The zero-order chi connectivity index (χ0) is 17.2. The first-order valence-electron chi connectivity index (χ1n) is 9.35. The lowest BCUT2D eigenvalue weighted by atomic mass is 10.0. The zero-order valence-electron chi connectivity index (χ0n) is 14.5. The molecule has 5 nitrogen and oxygen atoms in total. The largest absolute Gasteiger partial charge is 0.351 e. The number of para-hydroxylation sites is 1. The molecule has 4 rings (SSSR count). The fourth-order valence-electron chi connectivity index (χ4n) is 4.11. The minimum Gasteiger partial charge on any atom is -0.351 e. The van der Waals surface area contributed by atoms with E-state index in [-0.39, 0.29) is 11.8 Å². The van der Waals surface area contributed by atoms with E-state index in [1.54, 1.807) is 0 Å². The maximum Gasteiger partial charge on any atom is 0.270 e. The van der Waals surface area contributed by atoms with Crippen molar-refractivity contribution < 1.29 is 9.59 Å². The van der Waals surface area contributed by atoms with Crippen molar-refractivity contribution >= 4 is 22.7 Å². The molecule has 25 heavy (non-hydrogen) atoms. The molecule has 2 amide bonds. The van der Waals surface area contributed by atoms with Gasteiger partial charge in [0.05, 0.1) is 0 Å². The van der Waals surface area contributed by atoms with Crippen molar-refractivity contribution in [2.24, 2.45) is 5.92 Å². The molecular formula is C20H25N3O2. The molecule has 1 N–H and O–H groups in total. The molecule has 0 bridgehead atoms. The molecule has 1 aromatic carbocycles. The summed E-state index contributed by atoms with van der Waals surface area (Å²) in [7, 11) is 0. The molecule has 0 atom stereocenters. The van der Waals surface area contributed by atoms with E-state index >= 15 is 0 Å². The number of aromatic amines is 1. The van der Waals surface area contributed by atoms with Crippen LogP contribution in [0.3, 0.4) is 0 Å². The number of fused-ring (bicyclic) bond motifs is 1. The van der Waals surface area contributed by atoms with Crippen LogP contribution < -0.4 is 0 Å². The fourth-order valence-corrected chi connectivity index (χ4v) is 4.11. The Labute approximate surface area is 148 Å². The number of aromatic nitrogens is 1. The van der Waals surface area contributed by atoms with Crippen LogP contribution in [0.2, 0.25) is 0 Å². The number of amides is 2. The molecule has 132 valence electrons. The first-order chi connectivity index (χ1) is 12.2. The maximum absolute atomic E-state index is 12.7. The Bertz CT molecular complexity index is 735. The van der Waals surface area contributed by atoms with Crippen LogP contribution in [0.25, 0.3) is 10.9 Å². The Morgan fingerprint density at radius 1 is 1.00 bits per heavy atom. The molecule has 1 saturated heterocycles. The van der Waals surface area contributed by atoms with Gasteiger partial charge in [0, 0.05) is 43.5 Å². The van der Waals surface area contributed by atoms with E-state index in [1.165, 1.54) is 25.7 Å². The van der Waals surface area contributed by atoms with Crippen LogP contribution in [-0.2, 0) is 4.79 Å². The van der Waals surface area contributed by atoms with Crippen LogP contribution in [0, 0.1) is 5.92 Å². The van der Waals surface area contributed by atoms with Gasteiger partial charge in [-0.15, -0.1) is 0 Å². The second-order valence-electron chi connectivity index (χ2n) is 7.30. The Morgan fingerprint density at radius 3 is 2.40 bits per heavy atom. The SMILES string of the molecule is O=C(CC1CCCC1)N1CCN(C(=O)c2cc3ccccc3[nH]2)CC1. The third-order valence-electron chi connectivity index (χ3n) is 5.62. The predicted octanol–water partition coefficient (Wildman–Crippen LogP) is 3.03. The number of piperazine rings is 1. The van der Waals surface area contributed by atoms with Crippen molar-refractivity contribution in [3.63, 3.8) is 0 Å². The van der Waals surface area contributed by atoms with Gasteiger partial charge in [0.2, 0.25) is 5.91 Å². The molecule has 1 aliphatic heterocycles. The van der Waals surface area contributed by atoms with Crippen molar-refractivity contribution in [2.45, 2.75) is 32.1 Å². The summed E-state index contributed by atoms with van der Waals surface area (Å²) in [5.41, 5.74) is 1.61. The van der Waals surface area contributed by atoms with Crippen molar-refractivity contribution in [3.8, 4) is 0 Å². The molecule has 0 spiro atoms. The van der Waals surface area contributed by atoms with Gasteiger partial charge >= 0.3 is 0 Å². The van der Waals surface area contributed by atoms with Gasteiger partial charge < -0.3 is 14.8 Å². The van der Waals surface area contributed by atoms with Crippen LogP contribution in [0.15, 0.2) is 30.3 Å². The molecule has 0 radical (unpaired) electrons. The van der Waals surface area contributed by atoms with Gasteiger partial charge in [0.25, 0.3) is 5.91 Å². The van der Waals surface area contributed by atoms with Crippen LogP contribution in [0.5, 0.6) is 0 Å². The molecule has 5 heteroatoms. The summed E-state index contributed by atoms with van der Waals surface area (Å²) in [6.45, 7) is 2.53. The topological polar surface area (TPSA) is 56.4 Å². The molecule has 2 aliphatic rings. The van der Waals surface area contributed by atoms with E-state index in [1.807, 2.05) is 40.1 Å². The van der Waals surface area contributed by atoms with E-state index in [9.17, 15) is 9.59 Å². The van der Waals surface area contributed by atoms with Crippen molar-refractivity contribution in [1.29, 1.82) is 0 Å². The monoisotopic (exact) mass is 339 g/mol. The quantitative estimate of drug-likeness (QED) is 0.934. The lowest BCUT2D eigenvalue weighted by Crippen LogP contribution is -2.50. The Balaban J connectivity index is 1.34. The van der Waals surface area contributed by atoms with E-state index < -0.39 is 0 Å². The highest BCUT2D eigenvalue weighted by atomic mass is 16.2. The van der Waals surface area contributed by atoms with Crippen molar-refractivity contribution in [1.82, 2.24) is 14.8 Å². The summed E-state index contributed by atoms with van der Waals surface area (Å²) in [5.74, 6) is 0.877. The molecular weight excluding hydrogens is 314 g/mol. The predicted molar refractivity (Wildman–Crippen MR) is 97.4 cm³/mol. The van der Waals surface area contributed by atoms with E-state index in [0.717, 1.165) is 10.9 Å². The average molecular weight is 339 g/mol. The second kappa shape index (κ2) is 6.90. The molecule has 2 fully saturated rings. The summed E-state index contributed by atoms with van der Waals surface area (Å²) < 4.78 is 0. The number of rotatable bonds is 3. The van der Waals surface area contributed by atoms with Gasteiger partial charge in [-0.05, 0) is 30.9 Å². The number of hydrogen-bond acceptors (Lipinski definition) is 2. The van der Waals surface area contributed by atoms with Gasteiger partial charge in [0.1, 0.15) is 5.69 Å². The minimum absolute atomic E-state index is 0.0269. The summed E-state index contributed by atoms with van der Waals surface area (Å²) in [5, 5.41) is 1.05. The van der Waals surface area contributed by atoms with Crippen LogP contribution in [0.4, 0.5) is 0 Å². The van der Waals surface area contributed by atoms with Crippen LogP contribution >= 0.6 is 0 Å². The lowest BCUT2D eigenvalue weighted by Gasteiger charge is -2.35. The lowest BCUT2D eigenvalue weighted by molar-refractivity contribution is -0.133. The highest BCUT2D eigenvalue weighted by Crippen LogP contribution is 2.28. The van der Waals surface area contributed by atoms with E-state index in [0.29, 0.717) is 44.2 Å². The maximum atomic E-state index is 12.7. The number of hydrogen-bond donors (Lipinski definition) is 1. The number of carbonyl (C=O) groups excluding carboxylic acids is 2. The summed E-state index contributed by atoms with van der Waals surface area (Å²) in [6, 6.07) is 9.82.